The Kier molecular flexibility index (Phi) is 7.90. The zero-order valence-electron chi connectivity index (χ0n) is 20.3. The van der Waals surface area contributed by atoms with E-state index in [2.05, 4.69) is 29.3 Å². The van der Waals surface area contributed by atoms with Crippen LogP contribution in [0.3, 0.4) is 0 Å². The predicted octanol–water partition coefficient (Wildman–Crippen LogP) is 6.65. The van der Waals surface area contributed by atoms with Gasteiger partial charge in [-0.25, -0.2) is 0 Å². The lowest BCUT2D eigenvalue weighted by Crippen LogP contribution is -2.17. The van der Waals surface area contributed by atoms with Gasteiger partial charge in [0.25, 0.3) is 5.89 Å². The van der Waals surface area contributed by atoms with Crippen molar-refractivity contribution < 1.29 is 19.2 Å². The highest BCUT2D eigenvalue weighted by Gasteiger charge is 2.17. The molecule has 0 aliphatic rings. The number of carboxylic acids is 1. The van der Waals surface area contributed by atoms with Crippen LogP contribution in [0.15, 0.2) is 83.4 Å². The van der Waals surface area contributed by atoms with Crippen molar-refractivity contribution in [1.82, 2.24) is 10.1 Å². The van der Waals surface area contributed by atoms with E-state index in [0.29, 0.717) is 29.6 Å². The van der Waals surface area contributed by atoms with E-state index in [4.69, 9.17) is 9.63 Å². The summed E-state index contributed by atoms with van der Waals surface area (Å²) in [7, 11) is 0. The lowest BCUT2D eigenvalue weighted by molar-refractivity contribution is -0.137. The first kappa shape index (κ1) is 24.9. The lowest BCUT2D eigenvalue weighted by atomic mass is 9.94. The molecule has 0 fully saturated rings. The van der Waals surface area contributed by atoms with E-state index < -0.39 is 5.97 Å². The van der Waals surface area contributed by atoms with Crippen molar-refractivity contribution in [3.8, 4) is 22.8 Å². The Labute approximate surface area is 210 Å². The Hall–Kier alpha value is -4.26. The molecule has 1 unspecified atom stereocenters. The number of ketones is 1. The van der Waals surface area contributed by atoms with Crippen molar-refractivity contribution in [1.29, 1.82) is 0 Å². The van der Waals surface area contributed by atoms with Crippen LogP contribution < -0.4 is 5.32 Å². The van der Waals surface area contributed by atoms with Gasteiger partial charge in [0.05, 0.1) is 6.04 Å². The van der Waals surface area contributed by atoms with Gasteiger partial charge in [0.1, 0.15) is 0 Å². The van der Waals surface area contributed by atoms with Crippen LogP contribution in [0.1, 0.15) is 55.1 Å². The van der Waals surface area contributed by atoms with Gasteiger partial charge >= 0.3 is 5.97 Å². The summed E-state index contributed by atoms with van der Waals surface area (Å²) >= 11 is 0. The summed E-state index contributed by atoms with van der Waals surface area (Å²) in [5.41, 5.74) is 4.37. The van der Waals surface area contributed by atoms with E-state index in [9.17, 15) is 9.59 Å². The molecule has 7 nitrogen and oxygen atoms in total. The highest BCUT2D eigenvalue weighted by atomic mass is 16.5. The number of anilines is 1. The molecule has 2 N–H and O–H groups in total. The number of nitrogens with zero attached hydrogens (tertiary/aromatic N) is 2. The van der Waals surface area contributed by atoms with Crippen LogP contribution in [0, 0.1) is 5.92 Å². The number of aliphatic carboxylic acids is 1. The second-order valence-corrected chi connectivity index (χ2v) is 9.03. The summed E-state index contributed by atoms with van der Waals surface area (Å²) in [6, 6.07) is 25.1. The molecule has 4 aromatic rings. The number of hydrogen-bond donors (Lipinski definition) is 2. The van der Waals surface area contributed by atoms with Gasteiger partial charge in [-0.2, -0.15) is 4.98 Å². The van der Waals surface area contributed by atoms with Crippen molar-refractivity contribution in [2.24, 2.45) is 5.92 Å². The van der Waals surface area contributed by atoms with Crippen LogP contribution in [0.5, 0.6) is 0 Å². The van der Waals surface area contributed by atoms with Gasteiger partial charge in [-0.3, -0.25) is 9.59 Å². The maximum Gasteiger partial charge on any atom is 0.303 e. The maximum atomic E-state index is 12.3. The summed E-state index contributed by atoms with van der Waals surface area (Å²) in [6.45, 7) is 4.28. The predicted molar refractivity (Wildman–Crippen MR) is 139 cm³/mol. The Morgan fingerprint density at radius 3 is 2.22 bits per heavy atom. The average Bonchev–Trinajstić information content (AvgIpc) is 3.38. The molecule has 0 saturated heterocycles. The van der Waals surface area contributed by atoms with E-state index in [1.165, 1.54) is 0 Å². The van der Waals surface area contributed by atoms with Crippen molar-refractivity contribution in [3.05, 3.63) is 90.0 Å². The van der Waals surface area contributed by atoms with Gasteiger partial charge in [-0.05, 0) is 54.3 Å². The number of hydrogen-bond acceptors (Lipinski definition) is 6. The third-order valence-electron chi connectivity index (χ3n) is 5.96. The largest absolute Gasteiger partial charge is 0.481 e. The molecule has 0 spiro atoms. The quantitative estimate of drug-likeness (QED) is 0.230. The monoisotopic (exact) mass is 483 g/mol. The van der Waals surface area contributed by atoms with Gasteiger partial charge in [-0.1, -0.05) is 61.5 Å². The van der Waals surface area contributed by atoms with Crippen molar-refractivity contribution >= 4 is 17.4 Å². The second kappa shape index (κ2) is 11.4. The molecule has 0 radical (unpaired) electrons. The van der Waals surface area contributed by atoms with E-state index >= 15 is 0 Å². The van der Waals surface area contributed by atoms with Gasteiger partial charge in [-0.15, -0.1) is 0 Å². The number of nitrogens with one attached hydrogen (secondary N) is 1. The van der Waals surface area contributed by atoms with Crippen LogP contribution in [0.25, 0.3) is 22.8 Å². The Morgan fingerprint density at radius 1 is 0.889 bits per heavy atom. The standard InChI is InChI=1S/C29H29N3O4/c1-19(2)27(21-13-11-20(12-14-21)25(33)9-6-10-26(34)35)30-24-17-15-22(16-18-24)28-31-29(36-32-28)23-7-4-3-5-8-23/h3-5,7-8,11-19,27,30H,6,9-10H2,1-2H3,(H,34,35). The van der Waals surface area contributed by atoms with Crippen molar-refractivity contribution in [2.75, 3.05) is 5.32 Å². The second-order valence-electron chi connectivity index (χ2n) is 9.03. The third kappa shape index (κ3) is 6.24. The number of carbonyl (C=O) groups is 2. The number of aromatic nitrogens is 2. The third-order valence-corrected chi connectivity index (χ3v) is 5.96. The van der Waals surface area contributed by atoms with E-state index in [1.54, 1.807) is 0 Å². The molecule has 0 bridgehead atoms. The van der Waals surface area contributed by atoms with Gasteiger partial charge in [0.2, 0.25) is 5.82 Å². The Morgan fingerprint density at radius 2 is 1.58 bits per heavy atom. The first-order valence-corrected chi connectivity index (χ1v) is 12.0. The minimum Gasteiger partial charge on any atom is -0.481 e. The molecule has 4 rings (SSSR count). The van der Waals surface area contributed by atoms with Gasteiger partial charge < -0.3 is 14.9 Å². The van der Waals surface area contributed by atoms with Crippen LogP contribution in [-0.2, 0) is 4.79 Å². The molecule has 3 aromatic carbocycles. The molecule has 1 heterocycles. The number of rotatable bonds is 11. The molecular weight excluding hydrogens is 454 g/mol. The van der Waals surface area contributed by atoms with Gasteiger partial charge in [0, 0.05) is 35.2 Å². The summed E-state index contributed by atoms with van der Waals surface area (Å²) in [5, 5.41) is 16.5. The molecule has 1 aromatic heterocycles. The number of carbonyl (C=O) groups excluding carboxylic acids is 1. The molecule has 0 saturated carbocycles. The minimum atomic E-state index is -0.883. The molecule has 1 atom stereocenters. The molecule has 0 amide bonds. The number of Topliss-reactive ketones (excluding diaryl/α,β-unsaturated/α-hetero) is 1. The maximum absolute atomic E-state index is 12.3. The van der Waals surface area contributed by atoms with E-state index in [-0.39, 0.29) is 24.7 Å². The summed E-state index contributed by atoms with van der Waals surface area (Å²) in [6.07, 6.45) is 0.583. The first-order valence-electron chi connectivity index (χ1n) is 12.0. The summed E-state index contributed by atoms with van der Waals surface area (Å²) < 4.78 is 5.42. The van der Waals surface area contributed by atoms with Crippen LogP contribution in [0.2, 0.25) is 0 Å². The first-order chi connectivity index (χ1) is 17.4. The number of benzene rings is 3. The molecule has 184 valence electrons. The van der Waals surface area contributed by atoms with Crippen molar-refractivity contribution in [2.45, 2.75) is 39.2 Å². The average molecular weight is 484 g/mol. The smallest absolute Gasteiger partial charge is 0.303 e. The molecular formula is C29H29N3O4. The zero-order chi connectivity index (χ0) is 25.5. The SMILES string of the molecule is CC(C)C(Nc1ccc(-c2noc(-c3ccccc3)n2)cc1)c1ccc(C(=O)CCCC(=O)O)cc1. The van der Waals surface area contributed by atoms with Crippen LogP contribution in [0.4, 0.5) is 5.69 Å². The van der Waals surface area contributed by atoms with Crippen LogP contribution >= 0.6 is 0 Å². The summed E-state index contributed by atoms with van der Waals surface area (Å²) in [4.78, 5) is 27.5. The molecule has 36 heavy (non-hydrogen) atoms. The normalized spacial score (nSPS) is 11.9. The fourth-order valence-electron chi connectivity index (χ4n) is 3.99. The number of carboxylic acid groups (broad SMARTS) is 1. The highest BCUT2D eigenvalue weighted by Crippen LogP contribution is 2.29. The molecule has 0 aliphatic heterocycles. The highest BCUT2D eigenvalue weighted by molar-refractivity contribution is 5.96. The Bertz CT molecular complexity index is 1300. The fourth-order valence-corrected chi connectivity index (χ4v) is 3.99. The lowest BCUT2D eigenvalue weighted by Gasteiger charge is -2.24. The molecule has 0 aliphatic carbocycles. The zero-order valence-corrected chi connectivity index (χ0v) is 20.3. The van der Waals surface area contributed by atoms with E-state index in [0.717, 1.165) is 22.4 Å². The van der Waals surface area contributed by atoms with Crippen LogP contribution in [-0.4, -0.2) is 27.0 Å². The topological polar surface area (TPSA) is 105 Å². The Balaban J connectivity index is 1.42. The van der Waals surface area contributed by atoms with Gasteiger partial charge in [0.15, 0.2) is 5.78 Å². The minimum absolute atomic E-state index is 0.00284. The van der Waals surface area contributed by atoms with E-state index in [1.807, 2.05) is 78.9 Å². The molecule has 7 heteroatoms. The summed E-state index contributed by atoms with van der Waals surface area (Å²) in [5.74, 6) is 0.393. The fraction of sp³-hybridized carbons (Fsp3) is 0.241. The van der Waals surface area contributed by atoms with Crippen molar-refractivity contribution in [3.63, 3.8) is 0 Å².